The lowest BCUT2D eigenvalue weighted by Gasteiger charge is -2.50. The van der Waals surface area contributed by atoms with Crippen molar-refractivity contribution in [2.75, 3.05) is 0 Å². The lowest BCUT2D eigenvalue weighted by molar-refractivity contribution is -0.265. The van der Waals surface area contributed by atoms with Crippen molar-refractivity contribution in [3.8, 4) is 0 Å². The van der Waals surface area contributed by atoms with E-state index in [1.165, 1.54) is 6.42 Å². The predicted molar refractivity (Wildman–Crippen MR) is 72.1 cm³/mol. The number of hydrogen-bond donors (Lipinski definition) is 0. The molecule has 1 aliphatic heterocycles. The zero-order valence-corrected chi connectivity index (χ0v) is 12.5. The van der Waals surface area contributed by atoms with Gasteiger partial charge in [0.15, 0.2) is 0 Å². The molecule has 1 saturated heterocycles. The first-order chi connectivity index (χ1) is 7.29. The van der Waals surface area contributed by atoms with Gasteiger partial charge in [-0.25, -0.2) is 0 Å². The largest absolute Gasteiger partial charge is 0.367 e. The highest BCUT2D eigenvalue weighted by molar-refractivity contribution is 5.85. The van der Waals surface area contributed by atoms with E-state index >= 15 is 0 Å². The van der Waals surface area contributed by atoms with Crippen molar-refractivity contribution in [3.63, 3.8) is 0 Å². The van der Waals surface area contributed by atoms with Gasteiger partial charge in [-0.3, -0.25) is 4.79 Å². The molecule has 0 amide bonds. The molecule has 0 atom stereocenters. The maximum Gasteiger partial charge on any atom is 0.325 e. The fourth-order valence-corrected chi connectivity index (χ4v) is 2.57. The minimum absolute atomic E-state index is 0. The van der Waals surface area contributed by atoms with Crippen LogP contribution in [0.3, 0.4) is 0 Å². The van der Waals surface area contributed by atoms with Crippen LogP contribution >= 0.6 is 12.4 Å². The van der Waals surface area contributed by atoms with Gasteiger partial charge in [0.25, 0.3) is 0 Å². The van der Waals surface area contributed by atoms with Gasteiger partial charge in [-0.2, -0.15) is 0 Å². The Morgan fingerprint density at radius 1 is 1.18 bits per heavy atom. The Labute approximate surface area is 111 Å². The van der Waals surface area contributed by atoms with Crippen LogP contribution in [0.2, 0.25) is 0 Å². The number of piperidine rings is 1. The normalized spacial score (nSPS) is 22.6. The van der Waals surface area contributed by atoms with E-state index in [9.17, 15) is 4.79 Å². The van der Waals surface area contributed by atoms with Crippen molar-refractivity contribution in [2.24, 2.45) is 0 Å². The lowest BCUT2D eigenvalue weighted by atomic mass is 9.82. The molecule has 0 aliphatic carbocycles. The monoisotopic (exact) mass is 263 g/mol. The quantitative estimate of drug-likeness (QED) is 0.777. The second-order valence-electron chi connectivity index (χ2n) is 5.99. The van der Waals surface area contributed by atoms with Crippen LogP contribution in [0.5, 0.6) is 0 Å². The Kier molecular flexibility index (Phi) is 5.95. The van der Waals surface area contributed by atoms with Crippen LogP contribution in [0.15, 0.2) is 0 Å². The Balaban J connectivity index is 0.00000256. The molecule has 1 fully saturated rings. The van der Waals surface area contributed by atoms with Crippen LogP contribution < -0.4 is 0 Å². The highest BCUT2D eigenvalue weighted by Gasteiger charge is 2.44. The van der Waals surface area contributed by atoms with Crippen molar-refractivity contribution in [1.29, 1.82) is 0 Å². The third-order valence-electron chi connectivity index (χ3n) is 3.32. The highest BCUT2D eigenvalue weighted by atomic mass is 35.5. The van der Waals surface area contributed by atoms with Gasteiger partial charge in [0.2, 0.25) is 0 Å². The van der Waals surface area contributed by atoms with Crippen LogP contribution in [-0.2, 0) is 9.63 Å². The first-order valence-electron chi connectivity index (χ1n) is 6.31. The molecule has 0 aromatic carbocycles. The van der Waals surface area contributed by atoms with Crippen LogP contribution in [0, 0.1) is 0 Å². The van der Waals surface area contributed by atoms with Crippen LogP contribution in [0.1, 0.15) is 66.7 Å². The van der Waals surface area contributed by atoms with E-state index in [2.05, 4.69) is 27.7 Å². The van der Waals surface area contributed by atoms with Gasteiger partial charge in [-0.05, 0) is 53.4 Å². The Hall–Kier alpha value is -0.280. The fourth-order valence-electron chi connectivity index (χ4n) is 2.57. The second kappa shape index (κ2) is 6.05. The molecule has 102 valence electrons. The molecule has 0 radical (unpaired) electrons. The second-order valence-corrected chi connectivity index (χ2v) is 5.99. The molecule has 0 saturated carbocycles. The Bertz CT molecular complexity index is 248. The minimum atomic E-state index is -0.106. The molecule has 1 aliphatic rings. The molecule has 0 bridgehead atoms. The number of hydroxylamine groups is 2. The van der Waals surface area contributed by atoms with E-state index in [0.29, 0.717) is 6.42 Å². The van der Waals surface area contributed by atoms with Crippen molar-refractivity contribution in [3.05, 3.63) is 0 Å². The SMILES string of the molecule is CCCC(=O)ON1C(C)(C)CCCC1(C)C.Cl. The third kappa shape index (κ3) is 4.14. The molecule has 0 N–H and O–H groups in total. The zero-order valence-electron chi connectivity index (χ0n) is 11.7. The summed E-state index contributed by atoms with van der Waals surface area (Å²) in [7, 11) is 0. The molecular weight excluding hydrogens is 238 g/mol. The molecule has 1 heterocycles. The molecule has 0 spiro atoms. The van der Waals surface area contributed by atoms with Crippen molar-refractivity contribution in [2.45, 2.75) is 77.8 Å². The standard InChI is InChI=1S/C13H25NO2.ClH/c1-6-8-11(15)16-14-12(2,3)9-7-10-13(14,4)5;/h6-10H2,1-5H3;1H. The molecular formula is C13H26ClNO2. The van der Waals surface area contributed by atoms with Gasteiger partial charge in [-0.1, -0.05) is 6.92 Å². The van der Waals surface area contributed by atoms with Gasteiger partial charge in [0.05, 0.1) is 11.1 Å². The average molecular weight is 264 g/mol. The van der Waals surface area contributed by atoms with Crippen LogP contribution in [-0.4, -0.2) is 22.1 Å². The molecule has 4 heteroatoms. The summed E-state index contributed by atoms with van der Waals surface area (Å²) in [5.41, 5.74) is -0.101. The number of nitrogens with zero attached hydrogens (tertiary/aromatic N) is 1. The van der Waals surface area contributed by atoms with Gasteiger partial charge in [-0.15, -0.1) is 17.5 Å². The number of hydrogen-bond acceptors (Lipinski definition) is 3. The number of carbonyl (C=O) groups is 1. The van der Waals surface area contributed by atoms with Gasteiger partial charge < -0.3 is 4.84 Å². The first-order valence-corrected chi connectivity index (χ1v) is 6.31. The van der Waals surface area contributed by atoms with E-state index in [0.717, 1.165) is 19.3 Å². The summed E-state index contributed by atoms with van der Waals surface area (Å²) in [4.78, 5) is 17.2. The maximum absolute atomic E-state index is 11.6. The van der Waals surface area contributed by atoms with Crippen molar-refractivity contribution < 1.29 is 9.63 Å². The maximum atomic E-state index is 11.6. The minimum Gasteiger partial charge on any atom is -0.367 e. The topological polar surface area (TPSA) is 29.5 Å². The molecule has 1 rings (SSSR count). The third-order valence-corrected chi connectivity index (χ3v) is 3.32. The summed E-state index contributed by atoms with van der Waals surface area (Å²) in [5.74, 6) is -0.106. The van der Waals surface area contributed by atoms with Gasteiger partial charge in [0, 0.05) is 6.42 Å². The summed E-state index contributed by atoms with van der Waals surface area (Å²) in [6, 6.07) is 0. The molecule has 0 unspecified atom stereocenters. The number of rotatable bonds is 3. The first kappa shape index (κ1) is 16.7. The molecule has 3 nitrogen and oxygen atoms in total. The molecule has 0 aromatic heterocycles. The van der Waals surface area contributed by atoms with E-state index in [4.69, 9.17) is 4.84 Å². The fraction of sp³-hybridized carbons (Fsp3) is 0.923. The summed E-state index contributed by atoms with van der Waals surface area (Å²) < 4.78 is 0. The van der Waals surface area contributed by atoms with Crippen molar-refractivity contribution in [1.82, 2.24) is 5.06 Å². The van der Waals surface area contributed by atoms with Crippen LogP contribution in [0.4, 0.5) is 0 Å². The van der Waals surface area contributed by atoms with Gasteiger partial charge in [0.1, 0.15) is 0 Å². The Morgan fingerprint density at radius 3 is 2.06 bits per heavy atom. The smallest absolute Gasteiger partial charge is 0.325 e. The van der Waals surface area contributed by atoms with E-state index in [1.807, 2.05) is 12.0 Å². The average Bonchev–Trinajstić information content (AvgIpc) is 2.11. The summed E-state index contributed by atoms with van der Waals surface area (Å²) >= 11 is 0. The summed E-state index contributed by atoms with van der Waals surface area (Å²) in [5, 5.41) is 1.92. The predicted octanol–water partition coefficient (Wildman–Crippen LogP) is 3.71. The zero-order chi connectivity index (χ0) is 12.4. The highest BCUT2D eigenvalue weighted by Crippen LogP contribution is 2.38. The van der Waals surface area contributed by atoms with E-state index in [1.54, 1.807) is 0 Å². The lowest BCUT2D eigenvalue weighted by Crippen LogP contribution is -2.58. The summed E-state index contributed by atoms with van der Waals surface area (Å²) in [6.45, 7) is 10.6. The van der Waals surface area contributed by atoms with E-state index in [-0.39, 0.29) is 29.5 Å². The molecule has 0 aromatic rings. The summed E-state index contributed by atoms with van der Waals surface area (Å²) in [6.07, 6.45) is 4.70. The Morgan fingerprint density at radius 2 is 1.65 bits per heavy atom. The number of carbonyl (C=O) groups excluding carboxylic acids is 1. The van der Waals surface area contributed by atoms with Crippen molar-refractivity contribution >= 4 is 18.4 Å². The van der Waals surface area contributed by atoms with Gasteiger partial charge >= 0.3 is 5.97 Å². The molecule has 17 heavy (non-hydrogen) atoms. The number of halogens is 1. The van der Waals surface area contributed by atoms with E-state index < -0.39 is 0 Å². The van der Waals surface area contributed by atoms with Crippen LogP contribution in [0.25, 0.3) is 0 Å².